The molecule has 1 aliphatic carbocycles. The van der Waals surface area contributed by atoms with Crippen LogP contribution in [-0.2, 0) is 19.9 Å². The number of aliphatic hydroxyl groups is 1. The molecule has 1 unspecified atom stereocenters. The molecule has 3 rings (SSSR count). The highest BCUT2D eigenvalue weighted by Crippen LogP contribution is 2.38. The largest absolute Gasteiger partial charge is 0.508 e. The smallest absolute Gasteiger partial charge is 0.343 e. The van der Waals surface area contributed by atoms with E-state index in [1.807, 2.05) is 0 Å². The SMILES string of the molecule is COC(=O)C1(O)CC(OC)=Cc2oc3ccc(O)cc3c(=O)c21. The van der Waals surface area contributed by atoms with Crippen molar-refractivity contribution in [2.45, 2.75) is 12.0 Å². The second-order valence-corrected chi connectivity index (χ2v) is 5.19. The van der Waals surface area contributed by atoms with Gasteiger partial charge in [0.05, 0.1) is 25.2 Å². The predicted molar refractivity (Wildman–Crippen MR) is 79.7 cm³/mol. The number of esters is 1. The van der Waals surface area contributed by atoms with Crippen LogP contribution in [0.4, 0.5) is 0 Å². The highest BCUT2D eigenvalue weighted by atomic mass is 16.5. The van der Waals surface area contributed by atoms with Crippen LogP contribution in [-0.4, -0.2) is 30.4 Å². The van der Waals surface area contributed by atoms with Gasteiger partial charge in [0.2, 0.25) is 5.60 Å². The number of carbonyl (C=O) groups excluding carboxylic acids is 1. The minimum atomic E-state index is -2.22. The Morgan fingerprint density at radius 2 is 2.09 bits per heavy atom. The Labute approximate surface area is 130 Å². The number of benzene rings is 1. The van der Waals surface area contributed by atoms with Crippen LogP contribution in [0.1, 0.15) is 17.7 Å². The highest BCUT2D eigenvalue weighted by molar-refractivity contribution is 5.87. The molecule has 1 heterocycles. The van der Waals surface area contributed by atoms with Gasteiger partial charge in [0.1, 0.15) is 22.9 Å². The third-order valence-electron chi connectivity index (χ3n) is 3.82. The Hall–Kier alpha value is -2.80. The first kappa shape index (κ1) is 15.1. The van der Waals surface area contributed by atoms with E-state index in [0.29, 0.717) is 0 Å². The quantitative estimate of drug-likeness (QED) is 0.803. The summed E-state index contributed by atoms with van der Waals surface area (Å²) in [4.78, 5) is 24.8. The number of carbonyl (C=O) groups is 1. The van der Waals surface area contributed by atoms with E-state index in [-0.39, 0.29) is 40.2 Å². The Kier molecular flexibility index (Phi) is 3.37. The maximum Gasteiger partial charge on any atom is 0.343 e. The molecule has 0 radical (unpaired) electrons. The number of aromatic hydroxyl groups is 1. The molecule has 0 amide bonds. The molecule has 0 fully saturated rings. The minimum Gasteiger partial charge on any atom is -0.508 e. The Morgan fingerprint density at radius 1 is 1.35 bits per heavy atom. The van der Waals surface area contributed by atoms with Crippen molar-refractivity contribution in [1.29, 1.82) is 0 Å². The summed E-state index contributed by atoms with van der Waals surface area (Å²) in [5, 5.41) is 20.4. The van der Waals surface area contributed by atoms with E-state index >= 15 is 0 Å². The van der Waals surface area contributed by atoms with Crippen LogP contribution in [0.15, 0.2) is 33.2 Å². The van der Waals surface area contributed by atoms with Gasteiger partial charge < -0.3 is 24.1 Å². The fourth-order valence-electron chi connectivity index (χ4n) is 2.71. The van der Waals surface area contributed by atoms with Gasteiger partial charge in [0, 0.05) is 12.5 Å². The topological polar surface area (TPSA) is 106 Å². The van der Waals surface area contributed by atoms with Crippen LogP contribution < -0.4 is 5.43 Å². The van der Waals surface area contributed by atoms with Gasteiger partial charge in [-0.25, -0.2) is 4.79 Å². The lowest BCUT2D eigenvalue weighted by Gasteiger charge is -2.29. The molecular formula is C16H14O7. The molecular weight excluding hydrogens is 304 g/mol. The molecule has 1 atom stereocenters. The summed E-state index contributed by atoms with van der Waals surface area (Å²) in [5.74, 6) is -0.834. The average molecular weight is 318 g/mol. The second kappa shape index (κ2) is 5.13. The van der Waals surface area contributed by atoms with Crippen molar-refractivity contribution in [3.8, 4) is 5.75 Å². The number of methoxy groups -OCH3 is 2. The van der Waals surface area contributed by atoms with E-state index in [0.717, 1.165) is 7.11 Å². The van der Waals surface area contributed by atoms with E-state index in [1.165, 1.54) is 31.4 Å². The molecule has 7 nitrogen and oxygen atoms in total. The first-order valence-corrected chi connectivity index (χ1v) is 6.76. The molecule has 1 aromatic heterocycles. The first-order valence-electron chi connectivity index (χ1n) is 6.76. The standard InChI is InChI=1S/C16H14O7/c1-21-9-6-12-13(16(20,7-9)15(19)22-2)14(18)10-5-8(17)3-4-11(10)23-12/h3-6,17,20H,7H2,1-2H3. The zero-order valence-corrected chi connectivity index (χ0v) is 12.5. The van der Waals surface area contributed by atoms with Gasteiger partial charge in [0.25, 0.3) is 0 Å². The van der Waals surface area contributed by atoms with Gasteiger partial charge in [-0.15, -0.1) is 0 Å². The van der Waals surface area contributed by atoms with E-state index < -0.39 is 17.0 Å². The van der Waals surface area contributed by atoms with Crippen molar-refractivity contribution in [3.63, 3.8) is 0 Å². The molecule has 0 spiro atoms. The number of rotatable bonds is 2. The van der Waals surface area contributed by atoms with Crippen molar-refractivity contribution in [1.82, 2.24) is 0 Å². The van der Waals surface area contributed by atoms with Gasteiger partial charge in [-0.3, -0.25) is 4.79 Å². The van der Waals surface area contributed by atoms with Crippen molar-refractivity contribution >= 4 is 23.0 Å². The van der Waals surface area contributed by atoms with Crippen molar-refractivity contribution in [3.05, 3.63) is 45.5 Å². The molecule has 0 saturated carbocycles. The van der Waals surface area contributed by atoms with Crippen LogP contribution >= 0.6 is 0 Å². The minimum absolute atomic E-state index is 0.0178. The molecule has 7 heteroatoms. The summed E-state index contributed by atoms with van der Waals surface area (Å²) in [6.45, 7) is 0. The fraction of sp³-hybridized carbons (Fsp3) is 0.250. The lowest BCUT2D eigenvalue weighted by molar-refractivity contribution is -0.164. The second-order valence-electron chi connectivity index (χ2n) is 5.19. The van der Waals surface area contributed by atoms with Gasteiger partial charge in [0.15, 0.2) is 5.43 Å². The maximum absolute atomic E-state index is 12.7. The van der Waals surface area contributed by atoms with Crippen LogP contribution in [0.2, 0.25) is 0 Å². The van der Waals surface area contributed by atoms with Gasteiger partial charge in [-0.05, 0) is 18.2 Å². The van der Waals surface area contributed by atoms with Crippen molar-refractivity contribution in [2.75, 3.05) is 14.2 Å². The third kappa shape index (κ3) is 2.17. The number of ether oxygens (including phenoxy) is 2. The molecule has 1 aromatic carbocycles. The maximum atomic E-state index is 12.7. The summed E-state index contributed by atoms with van der Waals surface area (Å²) < 4.78 is 15.3. The average Bonchev–Trinajstić information content (AvgIpc) is 2.54. The predicted octanol–water partition coefficient (Wildman–Crippen LogP) is 1.25. The molecule has 120 valence electrons. The lowest BCUT2D eigenvalue weighted by atomic mass is 9.84. The van der Waals surface area contributed by atoms with Crippen molar-refractivity contribution in [2.24, 2.45) is 0 Å². The van der Waals surface area contributed by atoms with Crippen LogP contribution in [0.5, 0.6) is 5.75 Å². The summed E-state index contributed by atoms with van der Waals surface area (Å²) >= 11 is 0. The van der Waals surface area contributed by atoms with E-state index in [9.17, 15) is 19.8 Å². The zero-order chi connectivity index (χ0) is 16.8. The molecule has 0 aliphatic heterocycles. The molecule has 2 N–H and O–H groups in total. The number of hydrogen-bond acceptors (Lipinski definition) is 7. The van der Waals surface area contributed by atoms with E-state index in [2.05, 4.69) is 4.74 Å². The first-order chi connectivity index (χ1) is 10.9. The number of phenols is 1. The van der Waals surface area contributed by atoms with Crippen molar-refractivity contribution < 1.29 is 28.9 Å². The highest BCUT2D eigenvalue weighted by Gasteiger charge is 2.47. The Morgan fingerprint density at radius 3 is 2.74 bits per heavy atom. The van der Waals surface area contributed by atoms with Crippen LogP contribution in [0.3, 0.4) is 0 Å². The Bertz CT molecular complexity index is 893. The van der Waals surface area contributed by atoms with Crippen LogP contribution in [0.25, 0.3) is 17.0 Å². The van der Waals surface area contributed by atoms with Crippen LogP contribution in [0, 0.1) is 0 Å². The summed E-state index contributed by atoms with van der Waals surface area (Å²) in [7, 11) is 2.49. The summed E-state index contributed by atoms with van der Waals surface area (Å²) in [5.41, 5.74) is -2.85. The zero-order valence-electron chi connectivity index (χ0n) is 12.5. The fourth-order valence-corrected chi connectivity index (χ4v) is 2.71. The molecule has 1 aliphatic rings. The van der Waals surface area contributed by atoms with Gasteiger partial charge in [-0.1, -0.05) is 0 Å². The number of phenolic OH excluding ortho intramolecular Hbond substituents is 1. The van der Waals surface area contributed by atoms with E-state index in [1.54, 1.807) is 0 Å². The Balaban J connectivity index is 2.41. The molecule has 0 saturated heterocycles. The summed E-state index contributed by atoms with van der Waals surface area (Å²) in [6.07, 6.45) is 1.19. The van der Waals surface area contributed by atoms with Gasteiger partial charge in [-0.2, -0.15) is 0 Å². The van der Waals surface area contributed by atoms with E-state index in [4.69, 9.17) is 9.15 Å². The molecule has 0 bridgehead atoms. The monoisotopic (exact) mass is 318 g/mol. The normalized spacial score (nSPS) is 19.9. The summed E-state index contributed by atoms with van der Waals surface area (Å²) in [6, 6.07) is 4.01. The number of fused-ring (bicyclic) bond motifs is 2. The third-order valence-corrected chi connectivity index (χ3v) is 3.82. The van der Waals surface area contributed by atoms with Gasteiger partial charge >= 0.3 is 5.97 Å². The molecule has 2 aromatic rings. The lowest BCUT2D eigenvalue weighted by Crippen LogP contribution is -2.43. The molecule has 23 heavy (non-hydrogen) atoms. The number of hydrogen-bond donors (Lipinski definition) is 2.